The normalized spacial score (nSPS) is 15.7. The Labute approximate surface area is 192 Å². The summed E-state index contributed by atoms with van der Waals surface area (Å²) in [6.07, 6.45) is 0.679. The van der Waals surface area contributed by atoms with Gasteiger partial charge in [-0.05, 0) is 43.0 Å². The van der Waals surface area contributed by atoms with Crippen molar-refractivity contribution in [1.29, 1.82) is 0 Å². The molecule has 0 radical (unpaired) electrons. The van der Waals surface area contributed by atoms with Gasteiger partial charge in [-0.2, -0.15) is 13.2 Å². The monoisotopic (exact) mass is 474 g/mol. The molecule has 3 aromatic rings. The van der Waals surface area contributed by atoms with Crippen LogP contribution in [-0.2, 0) is 32.1 Å². The molecule has 172 valence electrons. The number of nitrogens with zero attached hydrogens (tertiary/aromatic N) is 3. The molecule has 5 rings (SSSR count). The Balaban J connectivity index is 1.31. The van der Waals surface area contributed by atoms with Crippen LogP contribution in [0.5, 0.6) is 0 Å². The number of alkyl halides is 3. The minimum Gasteiger partial charge on any atom is -0.332 e. The third-order valence-electron chi connectivity index (χ3n) is 6.12. The van der Waals surface area contributed by atoms with Crippen molar-refractivity contribution >= 4 is 28.8 Å². The molecule has 1 N–H and O–H groups in total. The predicted molar refractivity (Wildman–Crippen MR) is 117 cm³/mol. The van der Waals surface area contributed by atoms with Gasteiger partial charge in [-0.25, -0.2) is 4.98 Å². The number of carbonyl (C=O) groups is 2. The first kappa shape index (κ1) is 21.7. The molecule has 0 spiro atoms. The summed E-state index contributed by atoms with van der Waals surface area (Å²) in [5.74, 6) is 0.438. The maximum atomic E-state index is 13.1. The van der Waals surface area contributed by atoms with Crippen molar-refractivity contribution in [2.75, 3.05) is 11.9 Å². The molecule has 0 aliphatic carbocycles. The van der Waals surface area contributed by atoms with E-state index in [4.69, 9.17) is 0 Å². The van der Waals surface area contributed by atoms with Crippen LogP contribution in [0, 0.1) is 0 Å². The molecule has 2 aromatic heterocycles. The molecular formula is C23H21F3N4O2S. The van der Waals surface area contributed by atoms with Crippen molar-refractivity contribution in [3.8, 4) is 0 Å². The zero-order valence-electron chi connectivity index (χ0n) is 17.6. The second-order valence-corrected chi connectivity index (χ2v) is 9.19. The number of benzene rings is 1. The number of thiophene rings is 1. The third-order valence-corrected chi connectivity index (χ3v) is 7.13. The van der Waals surface area contributed by atoms with Crippen molar-refractivity contribution in [2.24, 2.45) is 0 Å². The van der Waals surface area contributed by atoms with Gasteiger partial charge in [-0.1, -0.05) is 6.07 Å². The van der Waals surface area contributed by atoms with Crippen LogP contribution in [0.4, 0.5) is 18.9 Å². The van der Waals surface area contributed by atoms with Crippen LogP contribution >= 0.6 is 11.3 Å². The smallest absolute Gasteiger partial charge is 0.332 e. The summed E-state index contributed by atoms with van der Waals surface area (Å²) in [4.78, 5) is 33.0. The molecule has 0 bridgehead atoms. The fourth-order valence-corrected chi connectivity index (χ4v) is 5.51. The number of hydrogen-bond donors (Lipinski definition) is 1. The number of carbonyl (C=O) groups excluding carboxylic acids is 2. The number of halogens is 3. The van der Waals surface area contributed by atoms with E-state index in [9.17, 15) is 22.8 Å². The van der Waals surface area contributed by atoms with Gasteiger partial charge in [0.25, 0.3) is 11.8 Å². The van der Waals surface area contributed by atoms with E-state index in [1.165, 1.54) is 23.5 Å². The fourth-order valence-electron chi connectivity index (χ4n) is 4.41. The molecule has 2 aliphatic heterocycles. The highest BCUT2D eigenvalue weighted by molar-refractivity contribution is 7.10. The molecule has 6 nitrogen and oxygen atoms in total. The standard InChI is InChI=1S/C23H21F3N4O2S/c24-23(25,26)14-4-3-5-15(10-14)28-21(31)17-13-33-19-12-29(9-7-16(17)19)22(32)18-11-27-20-6-1-2-8-30(18)20/h3-5,10-11,13H,1-2,6-9,12H2,(H,28,31). The molecule has 1 aromatic carbocycles. The zero-order chi connectivity index (χ0) is 23.2. The van der Waals surface area contributed by atoms with E-state index < -0.39 is 17.6 Å². The Bertz CT molecular complexity index is 1230. The third kappa shape index (κ3) is 4.15. The number of aromatic nitrogens is 2. The Morgan fingerprint density at radius 1 is 1.12 bits per heavy atom. The van der Waals surface area contributed by atoms with Gasteiger partial charge in [0.1, 0.15) is 11.5 Å². The maximum absolute atomic E-state index is 13.1. The molecule has 0 saturated heterocycles. The minimum atomic E-state index is -4.48. The molecule has 4 heterocycles. The van der Waals surface area contributed by atoms with Crippen molar-refractivity contribution in [3.05, 3.63) is 68.9 Å². The topological polar surface area (TPSA) is 67.2 Å². The quantitative estimate of drug-likeness (QED) is 0.596. The molecule has 10 heteroatoms. The number of rotatable bonds is 3. The number of hydrogen-bond acceptors (Lipinski definition) is 4. The highest BCUT2D eigenvalue weighted by Gasteiger charge is 2.31. The summed E-state index contributed by atoms with van der Waals surface area (Å²) in [6, 6.07) is 4.58. The lowest BCUT2D eigenvalue weighted by Crippen LogP contribution is -2.37. The lowest BCUT2D eigenvalue weighted by molar-refractivity contribution is -0.137. The van der Waals surface area contributed by atoms with Crippen LogP contribution < -0.4 is 5.32 Å². The van der Waals surface area contributed by atoms with Gasteiger partial charge < -0.3 is 14.8 Å². The SMILES string of the molecule is O=C(Nc1cccc(C(F)(F)F)c1)c1csc2c1CCN(C(=O)c1cnc3n1CCCC3)C2. The average Bonchev–Trinajstić information content (AvgIpc) is 3.42. The van der Waals surface area contributed by atoms with Gasteiger partial charge >= 0.3 is 6.18 Å². The van der Waals surface area contributed by atoms with Gasteiger partial charge in [0.05, 0.1) is 23.9 Å². The van der Waals surface area contributed by atoms with E-state index in [1.54, 1.807) is 16.5 Å². The maximum Gasteiger partial charge on any atom is 0.416 e. The van der Waals surface area contributed by atoms with E-state index in [0.717, 1.165) is 54.2 Å². The van der Waals surface area contributed by atoms with Gasteiger partial charge in [-0.3, -0.25) is 9.59 Å². The number of aryl methyl sites for hydroxylation is 1. The van der Waals surface area contributed by atoms with Crippen LogP contribution in [-0.4, -0.2) is 32.8 Å². The molecule has 2 amide bonds. The predicted octanol–water partition coefficient (Wildman–Crippen LogP) is 4.75. The Hall–Kier alpha value is -3.14. The first-order chi connectivity index (χ1) is 15.8. The lowest BCUT2D eigenvalue weighted by Gasteiger charge is -2.28. The summed E-state index contributed by atoms with van der Waals surface area (Å²) < 4.78 is 40.9. The zero-order valence-corrected chi connectivity index (χ0v) is 18.4. The second-order valence-electron chi connectivity index (χ2n) is 8.23. The van der Waals surface area contributed by atoms with Crippen molar-refractivity contribution in [2.45, 2.75) is 44.9 Å². The van der Waals surface area contributed by atoms with Crippen LogP contribution in [0.15, 0.2) is 35.8 Å². The number of fused-ring (bicyclic) bond motifs is 2. The molecule has 0 atom stereocenters. The lowest BCUT2D eigenvalue weighted by atomic mass is 10.0. The van der Waals surface area contributed by atoms with Crippen LogP contribution in [0.3, 0.4) is 0 Å². The number of amides is 2. The van der Waals surface area contributed by atoms with E-state index in [-0.39, 0.29) is 11.6 Å². The number of nitrogens with one attached hydrogen (secondary N) is 1. The molecule has 0 unspecified atom stereocenters. The Kier molecular flexibility index (Phi) is 5.48. The van der Waals surface area contributed by atoms with Gasteiger partial charge in [-0.15, -0.1) is 11.3 Å². The van der Waals surface area contributed by atoms with Crippen molar-refractivity contribution < 1.29 is 22.8 Å². The van der Waals surface area contributed by atoms with Gasteiger partial charge in [0, 0.05) is 35.5 Å². The fraction of sp³-hybridized carbons (Fsp3) is 0.348. The summed E-state index contributed by atoms with van der Waals surface area (Å²) in [5, 5.41) is 4.28. The van der Waals surface area contributed by atoms with E-state index in [0.29, 0.717) is 30.8 Å². The summed E-state index contributed by atoms with van der Waals surface area (Å²) in [7, 11) is 0. The van der Waals surface area contributed by atoms with Crippen molar-refractivity contribution in [1.82, 2.24) is 14.5 Å². The summed E-state index contributed by atoms with van der Waals surface area (Å²) in [6.45, 7) is 1.66. The largest absolute Gasteiger partial charge is 0.416 e. The van der Waals surface area contributed by atoms with Gasteiger partial charge in [0.15, 0.2) is 0 Å². The molecule has 0 fully saturated rings. The van der Waals surface area contributed by atoms with Crippen LogP contribution in [0.25, 0.3) is 0 Å². The van der Waals surface area contributed by atoms with E-state index in [2.05, 4.69) is 10.3 Å². The van der Waals surface area contributed by atoms with Crippen LogP contribution in [0.1, 0.15) is 55.5 Å². The summed E-state index contributed by atoms with van der Waals surface area (Å²) in [5.41, 5.74) is 1.18. The number of imidazole rings is 1. The minimum absolute atomic E-state index is 0.0651. The molecule has 33 heavy (non-hydrogen) atoms. The first-order valence-corrected chi connectivity index (χ1v) is 11.6. The van der Waals surface area contributed by atoms with E-state index >= 15 is 0 Å². The van der Waals surface area contributed by atoms with E-state index in [1.807, 2.05) is 4.57 Å². The number of anilines is 1. The van der Waals surface area contributed by atoms with Crippen molar-refractivity contribution in [3.63, 3.8) is 0 Å². The Morgan fingerprint density at radius 2 is 1.97 bits per heavy atom. The van der Waals surface area contributed by atoms with Gasteiger partial charge in [0.2, 0.25) is 0 Å². The Morgan fingerprint density at radius 3 is 2.79 bits per heavy atom. The highest BCUT2D eigenvalue weighted by Crippen LogP contribution is 2.32. The highest BCUT2D eigenvalue weighted by atomic mass is 32.1. The molecular weight excluding hydrogens is 453 g/mol. The molecule has 2 aliphatic rings. The second kappa shape index (κ2) is 8.33. The first-order valence-electron chi connectivity index (χ1n) is 10.7. The summed E-state index contributed by atoms with van der Waals surface area (Å²) >= 11 is 1.39. The average molecular weight is 475 g/mol. The van der Waals surface area contributed by atoms with Crippen LogP contribution in [0.2, 0.25) is 0 Å². The molecule has 0 saturated carbocycles.